The first-order valence-corrected chi connectivity index (χ1v) is 8.68. The lowest BCUT2D eigenvalue weighted by molar-refractivity contribution is 0.102. The van der Waals surface area contributed by atoms with E-state index in [2.05, 4.69) is 16.3 Å². The summed E-state index contributed by atoms with van der Waals surface area (Å²) in [6.45, 7) is 4.23. The number of rotatable bonds is 6. The molecule has 1 fully saturated rings. The largest absolute Gasteiger partial charge is 0.491 e. The highest BCUT2D eigenvalue weighted by atomic mass is 16.5. The molecule has 0 atom stereocenters. The van der Waals surface area contributed by atoms with E-state index in [-0.39, 0.29) is 19.1 Å². The van der Waals surface area contributed by atoms with Gasteiger partial charge < -0.3 is 20.1 Å². The van der Waals surface area contributed by atoms with Crippen LogP contribution in [0.3, 0.4) is 0 Å². The zero-order valence-corrected chi connectivity index (χ0v) is 14.5. The SMILES string of the molecule is Cc1ccc(N2CCCC2)c(C(=O)Nc2ccc(OCCO)cc2)c1. The summed E-state index contributed by atoms with van der Waals surface area (Å²) in [5.74, 6) is 0.565. The Morgan fingerprint density at radius 2 is 1.88 bits per heavy atom. The molecule has 0 aromatic heterocycles. The first-order chi connectivity index (χ1) is 12.2. The van der Waals surface area contributed by atoms with Crippen molar-refractivity contribution in [3.8, 4) is 5.75 Å². The monoisotopic (exact) mass is 340 g/mol. The second kappa shape index (κ2) is 8.03. The molecule has 1 aliphatic rings. The number of anilines is 2. The average molecular weight is 340 g/mol. The Morgan fingerprint density at radius 1 is 1.16 bits per heavy atom. The minimum absolute atomic E-state index is 0.0227. The van der Waals surface area contributed by atoms with E-state index in [0.29, 0.717) is 11.3 Å². The van der Waals surface area contributed by atoms with Crippen LogP contribution in [0.4, 0.5) is 11.4 Å². The van der Waals surface area contributed by atoms with Crippen LogP contribution in [0.15, 0.2) is 42.5 Å². The van der Waals surface area contributed by atoms with E-state index < -0.39 is 0 Å². The quantitative estimate of drug-likeness (QED) is 0.848. The Labute approximate surface area is 148 Å². The molecule has 1 heterocycles. The molecule has 0 aliphatic carbocycles. The van der Waals surface area contributed by atoms with E-state index in [1.54, 1.807) is 24.3 Å². The predicted octanol–water partition coefficient (Wildman–Crippen LogP) is 3.22. The van der Waals surface area contributed by atoms with Crippen LogP contribution in [0.5, 0.6) is 5.75 Å². The summed E-state index contributed by atoms with van der Waals surface area (Å²) in [5, 5.41) is 11.7. The molecule has 0 saturated carbocycles. The van der Waals surface area contributed by atoms with E-state index in [1.807, 2.05) is 19.1 Å². The molecule has 5 heteroatoms. The van der Waals surface area contributed by atoms with Crippen molar-refractivity contribution in [2.45, 2.75) is 19.8 Å². The Bertz CT molecular complexity index is 722. The number of benzene rings is 2. The highest BCUT2D eigenvalue weighted by molar-refractivity contribution is 6.08. The van der Waals surface area contributed by atoms with Gasteiger partial charge in [0.15, 0.2) is 0 Å². The number of hydrogen-bond donors (Lipinski definition) is 2. The number of carbonyl (C=O) groups excluding carboxylic acids is 1. The van der Waals surface area contributed by atoms with Crippen molar-refractivity contribution in [2.75, 3.05) is 36.5 Å². The van der Waals surface area contributed by atoms with Crippen molar-refractivity contribution < 1.29 is 14.6 Å². The maximum Gasteiger partial charge on any atom is 0.257 e. The van der Waals surface area contributed by atoms with E-state index in [1.165, 1.54) is 12.8 Å². The van der Waals surface area contributed by atoms with E-state index in [9.17, 15) is 4.79 Å². The normalized spacial score (nSPS) is 13.8. The zero-order valence-electron chi connectivity index (χ0n) is 14.5. The third-order valence-electron chi connectivity index (χ3n) is 4.32. The van der Waals surface area contributed by atoms with Crippen molar-refractivity contribution in [1.82, 2.24) is 0 Å². The Balaban J connectivity index is 1.75. The lowest BCUT2D eigenvalue weighted by atomic mass is 10.1. The molecule has 132 valence electrons. The van der Waals surface area contributed by atoms with Crippen LogP contribution in [0, 0.1) is 6.92 Å². The number of nitrogens with one attached hydrogen (secondary N) is 1. The number of nitrogens with zero attached hydrogens (tertiary/aromatic N) is 1. The van der Waals surface area contributed by atoms with Gasteiger partial charge in [0.05, 0.1) is 12.2 Å². The Hall–Kier alpha value is -2.53. The first kappa shape index (κ1) is 17.3. The summed E-state index contributed by atoms with van der Waals surface area (Å²) in [6, 6.07) is 13.2. The standard InChI is InChI=1S/C20H24N2O3/c1-15-4-9-19(22-10-2-3-11-22)18(14-15)20(24)21-16-5-7-17(8-6-16)25-13-12-23/h4-9,14,23H,2-3,10-13H2,1H3,(H,21,24). The molecule has 0 spiro atoms. The summed E-state index contributed by atoms with van der Waals surface area (Å²) < 4.78 is 5.33. The third kappa shape index (κ3) is 4.31. The van der Waals surface area contributed by atoms with Gasteiger partial charge in [0.25, 0.3) is 5.91 Å². The Kier molecular flexibility index (Phi) is 5.56. The van der Waals surface area contributed by atoms with E-state index >= 15 is 0 Å². The summed E-state index contributed by atoms with van der Waals surface area (Å²) in [5.41, 5.74) is 3.50. The smallest absolute Gasteiger partial charge is 0.257 e. The van der Waals surface area contributed by atoms with Crippen LogP contribution in [0.1, 0.15) is 28.8 Å². The summed E-state index contributed by atoms with van der Waals surface area (Å²) in [4.78, 5) is 15.1. The van der Waals surface area contributed by atoms with Gasteiger partial charge in [-0.05, 0) is 56.2 Å². The maximum absolute atomic E-state index is 12.8. The minimum Gasteiger partial charge on any atom is -0.491 e. The van der Waals surface area contributed by atoms with Crippen LogP contribution in [-0.4, -0.2) is 37.3 Å². The van der Waals surface area contributed by atoms with Crippen LogP contribution >= 0.6 is 0 Å². The molecule has 2 aromatic carbocycles. The molecule has 2 N–H and O–H groups in total. The van der Waals surface area contributed by atoms with E-state index in [4.69, 9.17) is 9.84 Å². The highest BCUT2D eigenvalue weighted by Gasteiger charge is 2.19. The zero-order chi connectivity index (χ0) is 17.6. The van der Waals surface area contributed by atoms with Crippen LogP contribution in [0.2, 0.25) is 0 Å². The van der Waals surface area contributed by atoms with Crippen LogP contribution in [-0.2, 0) is 0 Å². The molecule has 0 unspecified atom stereocenters. The van der Waals surface area contributed by atoms with Gasteiger partial charge in [-0.2, -0.15) is 0 Å². The second-order valence-electron chi connectivity index (χ2n) is 6.27. The number of aryl methyl sites for hydroxylation is 1. The van der Waals surface area contributed by atoms with Crippen molar-refractivity contribution in [3.63, 3.8) is 0 Å². The number of amides is 1. The number of carbonyl (C=O) groups is 1. The highest BCUT2D eigenvalue weighted by Crippen LogP contribution is 2.27. The average Bonchev–Trinajstić information content (AvgIpc) is 3.15. The third-order valence-corrected chi connectivity index (χ3v) is 4.32. The van der Waals surface area contributed by atoms with Gasteiger partial charge in [-0.1, -0.05) is 11.6 Å². The summed E-state index contributed by atoms with van der Waals surface area (Å²) >= 11 is 0. The predicted molar refractivity (Wildman–Crippen MR) is 99.6 cm³/mol. The maximum atomic E-state index is 12.8. The van der Waals surface area contributed by atoms with Crippen molar-refractivity contribution in [2.24, 2.45) is 0 Å². The van der Waals surface area contributed by atoms with Crippen molar-refractivity contribution in [1.29, 1.82) is 0 Å². The molecule has 3 rings (SSSR count). The topological polar surface area (TPSA) is 61.8 Å². The number of ether oxygens (including phenoxy) is 1. The van der Waals surface area contributed by atoms with Gasteiger partial charge in [0, 0.05) is 24.5 Å². The molecule has 1 saturated heterocycles. The molecule has 5 nitrogen and oxygen atoms in total. The van der Waals surface area contributed by atoms with Crippen molar-refractivity contribution >= 4 is 17.3 Å². The van der Waals surface area contributed by atoms with Gasteiger partial charge in [-0.25, -0.2) is 0 Å². The van der Waals surface area contributed by atoms with Gasteiger partial charge in [-0.3, -0.25) is 4.79 Å². The molecule has 1 aliphatic heterocycles. The number of aliphatic hydroxyl groups is 1. The second-order valence-corrected chi connectivity index (χ2v) is 6.27. The number of hydrogen-bond acceptors (Lipinski definition) is 4. The molecular formula is C20H24N2O3. The molecule has 0 radical (unpaired) electrons. The van der Waals surface area contributed by atoms with Gasteiger partial charge in [0.2, 0.25) is 0 Å². The van der Waals surface area contributed by atoms with E-state index in [0.717, 1.165) is 30.0 Å². The number of aliphatic hydroxyl groups excluding tert-OH is 1. The van der Waals surface area contributed by atoms with Crippen molar-refractivity contribution in [3.05, 3.63) is 53.6 Å². The molecule has 0 bridgehead atoms. The fourth-order valence-corrected chi connectivity index (χ4v) is 3.06. The Morgan fingerprint density at radius 3 is 2.56 bits per heavy atom. The fourth-order valence-electron chi connectivity index (χ4n) is 3.06. The van der Waals surface area contributed by atoms with Gasteiger partial charge in [0.1, 0.15) is 12.4 Å². The van der Waals surface area contributed by atoms with Crippen LogP contribution < -0.4 is 15.0 Å². The minimum atomic E-state index is -0.102. The summed E-state index contributed by atoms with van der Waals surface area (Å²) in [6.07, 6.45) is 2.34. The molecule has 1 amide bonds. The lowest BCUT2D eigenvalue weighted by Gasteiger charge is -2.21. The first-order valence-electron chi connectivity index (χ1n) is 8.68. The van der Waals surface area contributed by atoms with Crippen LogP contribution in [0.25, 0.3) is 0 Å². The lowest BCUT2D eigenvalue weighted by Crippen LogP contribution is -2.23. The van der Waals surface area contributed by atoms with Gasteiger partial charge >= 0.3 is 0 Å². The molecular weight excluding hydrogens is 316 g/mol. The molecule has 2 aromatic rings. The van der Waals surface area contributed by atoms with Gasteiger partial charge in [-0.15, -0.1) is 0 Å². The molecule has 25 heavy (non-hydrogen) atoms. The summed E-state index contributed by atoms with van der Waals surface area (Å²) in [7, 11) is 0. The fraction of sp³-hybridized carbons (Fsp3) is 0.350.